The van der Waals surface area contributed by atoms with Crippen LogP contribution in [0.1, 0.15) is 20.8 Å². The van der Waals surface area contributed by atoms with E-state index in [4.69, 9.17) is 4.74 Å². The molecule has 0 radical (unpaired) electrons. The number of carbonyl (C=O) groups is 1. The minimum atomic E-state index is -0.330. The van der Waals surface area contributed by atoms with E-state index in [-0.39, 0.29) is 5.97 Å². The smallest absolute Gasteiger partial charge is 0.333 e. The Bertz CT molecular complexity index is 574. The van der Waals surface area contributed by atoms with Gasteiger partial charge in [0.05, 0.1) is 17.3 Å². The average Bonchev–Trinajstić information content (AvgIpc) is 2.78. The Labute approximate surface area is 124 Å². The van der Waals surface area contributed by atoms with Gasteiger partial charge >= 0.3 is 5.97 Å². The average molecular weight is 289 g/mol. The number of benzene rings is 1. The summed E-state index contributed by atoms with van der Waals surface area (Å²) in [5.41, 5.74) is 2.88. The molecule has 20 heavy (non-hydrogen) atoms. The lowest BCUT2D eigenvalue weighted by molar-refractivity contribution is -0.138. The second kappa shape index (κ2) is 6.18. The Kier molecular flexibility index (Phi) is 4.55. The first-order chi connectivity index (χ1) is 9.50. The zero-order chi connectivity index (χ0) is 14.7. The number of para-hydroxylation sites is 1. The summed E-state index contributed by atoms with van der Waals surface area (Å²) in [4.78, 5) is 14.9. The van der Waals surface area contributed by atoms with Gasteiger partial charge in [0.25, 0.3) is 0 Å². The van der Waals surface area contributed by atoms with E-state index in [0.29, 0.717) is 18.7 Å². The summed E-state index contributed by atoms with van der Waals surface area (Å²) < 4.78 is 5.20. The van der Waals surface area contributed by atoms with E-state index in [1.54, 1.807) is 18.7 Å². The summed E-state index contributed by atoms with van der Waals surface area (Å²) >= 11 is 1.77. The number of hydrogen-bond donors (Lipinski definition) is 0. The maximum atomic E-state index is 11.4. The van der Waals surface area contributed by atoms with Gasteiger partial charge in [0.1, 0.15) is 6.61 Å². The van der Waals surface area contributed by atoms with Crippen molar-refractivity contribution in [3.05, 3.63) is 47.0 Å². The number of carbonyl (C=O) groups excluding carboxylic acids is 1. The van der Waals surface area contributed by atoms with Gasteiger partial charge in [-0.3, -0.25) is 0 Å². The third-order valence-electron chi connectivity index (χ3n) is 2.93. The van der Waals surface area contributed by atoms with Crippen LogP contribution >= 0.6 is 11.8 Å². The summed E-state index contributed by atoms with van der Waals surface area (Å²) in [6, 6.07) is 8.28. The highest BCUT2D eigenvalue weighted by atomic mass is 32.2. The molecule has 0 bridgehead atoms. The van der Waals surface area contributed by atoms with E-state index in [1.807, 2.05) is 12.1 Å². The van der Waals surface area contributed by atoms with Crippen LogP contribution in [0.25, 0.3) is 0 Å². The molecule has 0 aromatic heterocycles. The van der Waals surface area contributed by atoms with Crippen LogP contribution in [0.3, 0.4) is 0 Å². The number of ether oxygens (including phenoxy) is 1. The first-order valence-corrected chi connectivity index (χ1v) is 7.37. The molecular weight excluding hydrogens is 270 g/mol. The van der Waals surface area contributed by atoms with Crippen molar-refractivity contribution >= 4 is 23.4 Å². The predicted octanol–water partition coefficient (Wildman–Crippen LogP) is 3.97. The van der Waals surface area contributed by atoms with Crippen molar-refractivity contribution in [2.45, 2.75) is 25.7 Å². The van der Waals surface area contributed by atoms with Gasteiger partial charge in [-0.1, -0.05) is 30.5 Å². The van der Waals surface area contributed by atoms with Crippen molar-refractivity contribution in [3.8, 4) is 0 Å². The molecule has 106 valence electrons. The highest BCUT2D eigenvalue weighted by Crippen LogP contribution is 2.46. The van der Waals surface area contributed by atoms with E-state index in [2.05, 4.69) is 37.5 Å². The monoisotopic (exact) mass is 289 g/mol. The molecule has 4 heteroatoms. The van der Waals surface area contributed by atoms with E-state index < -0.39 is 0 Å². The van der Waals surface area contributed by atoms with Gasteiger partial charge in [0.15, 0.2) is 0 Å². The molecule has 1 aliphatic rings. The third-order valence-corrected chi connectivity index (χ3v) is 4.32. The zero-order valence-corrected chi connectivity index (χ0v) is 12.9. The van der Waals surface area contributed by atoms with Gasteiger partial charge in [0, 0.05) is 10.5 Å². The van der Waals surface area contributed by atoms with Crippen molar-refractivity contribution < 1.29 is 9.53 Å². The fourth-order valence-electron chi connectivity index (χ4n) is 1.98. The Morgan fingerprint density at radius 2 is 2.00 bits per heavy atom. The molecule has 0 atom stereocenters. The molecule has 0 fully saturated rings. The van der Waals surface area contributed by atoms with Crippen LogP contribution < -0.4 is 4.90 Å². The van der Waals surface area contributed by atoms with Crippen LogP contribution in [0, 0.1) is 0 Å². The molecule has 1 aromatic carbocycles. The van der Waals surface area contributed by atoms with Crippen LogP contribution in [0.5, 0.6) is 0 Å². The van der Waals surface area contributed by atoms with Crippen molar-refractivity contribution in [3.63, 3.8) is 0 Å². The molecule has 1 aromatic rings. The standard InChI is InChI=1S/C16H19NO2S/c1-11(2)15-17(9-10-19-16(18)12(3)4)13-7-5-6-8-14(13)20-15/h5-8H,3,9-10H2,1-2,4H3. The number of anilines is 1. The van der Waals surface area contributed by atoms with Crippen molar-refractivity contribution in [1.29, 1.82) is 0 Å². The van der Waals surface area contributed by atoms with E-state index in [0.717, 1.165) is 0 Å². The van der Waals surface area contributed by atoms with Gasteiger partial charge in [-0.15, -0.1) is 0 Å². The van der Waals surface area contributed by atoms with Crippen LogP contribution in [0.4, 0.5) is 5.69 Å². The van der Waals surface area contributed by atoms with Crippen molar-refractivity contribution in [2.24, 2.45) is 0 Å². The van der Waals surface area contributed by atoms with E-state index in [9.17, 15) is 4.79 Å². The van der Waals surface area contributed by atoms with Crippen LogP contribution in [0.15, 0.2) is 51.9 Å². The molecule has 2 rings (SSSR count). The molecule has 1 heterocycles. The molecule has 0 saturated heterocycles. The largest absolute Gasteiger partial charge is 0.460 e. The lowest BCUT2D eigenvalue weighted by atomic mass is 10.2. The normalized spacial score (nSPS) is 13.2. The quantitative estimate of drug-likeness (QED) is 0.619. The number of fused-ring (bicyclic) bond motifs is 1. The van der Waals surface area contributed by atoms with Gasteiger partial charge in [-0.25, -0.2) is 4.79 Å². The highest BCUT2D eigenvalue weighted by Gasteiger charge is 2.25. The molecule has 0 aliphatic carbocycles. The Morgan fingerprint density at radius 3 is 2.65 bits per heavy atom. The Hall–Kier alpha value is -1.68. The number of nitrogens with zero attached hydrogens (tertiary/aromatic N) is 1. The maximum Gasteiger partial charge on any atom is 0.333 e. The lowest BCUT2D eigenvalue weighted by Crippen LogP contribution is -2.25. The maximum absolute atomic E-state index is 11.4. The molecular formula is C16H19NO2S. The second-order valence-electron chi connectivity index (χ2n) is 4.94. The third kappa shape index (κ3) is 3.07. The summed E-state index contributed by atoms with van der Waals surface area (Å²) in [5, 5.41) is 1.22. The molecule has 0 amide bonds. The number of thioether (sulfide) groups is 1. The minimum Gasteiger partial charge on any atom is -0.460 e. The Balaban J connectivity index is 2.10. The minimum absolute atomic E-state index is 0.330. The number of esters is 1. The molecule has 0 saturated carbocycles. The summed E-state index contributed by atoms with van der Waals surface area (Å²) in [6.45, 7) is 10.5. The van der Waals surface area contributed by atoms with Gasteiger partial charge in [-0.05, 0) is 38.5 Å². The summed E-state index contributed by atoms with van der Waals surface area (Å²) in [7, 11) is 0. The molecule has 0 unspecified atom stereocenters. The summed E-state index contributed by atoms with van der Waals surface area (Å²) in [5.74, 6) is -0.330. The van der Waals surface area contributed by atoms with Crippen LogP contribution in [-0.2, 0) is 9.53 Å². The Morgan fingerprint density at radius 1 is 1.30 bits per heavy atom. The topological polar surface area (TPSA) is 29.5 Å². The predicted molar refractivity (Wildman–Crippen MR) is 83.8 cm³/mol. The lowest BCUT2D eigenvalue weighted by Gasteiger charge is -2.21. The molecule has 3 nitrogen and oxygen atoms in total. The van der Waals surface area contributed by atoms with Crippen LogP contribution in [0.2, 0.25) is 0 Å². The zero-order valence-electron chi connectivity index (χ0n) is 12.1. The first-order valence-electron chi connectivity index (χ1n) is 6.55. The van der Waals surface area contributed by atoms with E-state index in [1.165, 1.54) is 21.2 Å². The van der Waals surface area contributed by atoms with Gasteiger partial charge in [0.2, 0.25) is 0 Å². The number of hydrogen-bond acceptors (Lipinski definition) is 4. The van der Waals surface area contributed by atoms with Crippen molar-refractivity contribution in [1.82, 2.24) is 0 Å². The number of allylic oxidation sites excluding steroid dienone is 1. The summed E-state index contributed by atoms with van der Waals surface area (Å²) in [6.07, 6.45) is 0. The van der Waals surface area contributed by atoms with Crippen LogP contribution in [-0.4, -0.2) is 19.1 Å². The van der Waals surface area contributed by atoms with Gasteiger partial charge in [-0.2, -0.15) is 0 Å². The molecule has 1 aliphatic heterocycles. The van der Waals surface area contributed by atoms with E-state index >= 15 is 0 Å². The SMILES string of the molecule is C=C(C)C(=O)OCCN1C(=C(C)C)Sc2ccccc21. The van der Waals surface area contributed by atoms with Gasteiger partial charge < -0.3 is 9.64 Å². The van der Waals surface area contributed by atoms with Crippen molar-refractivity contribution in [2.75, 3.05) is 18.1 Å². The first kappa shape index (κ1) is 14.7. The molecule has 0 spiro atoms. The fraction of sp³-hybridized carbons (Fsp3) is 0.312. The second-order valence-corrected chi connectivity index (χ2v) is 5.97. The number of rotatable bonds is 4. The fourth-order valence-corrected chi connectivity index (χ4v) is 3.12. The highest BCUT2D eigenvalue weighted by molar-refractivity contribution is 8.03. The molecule has 0 N–H and O–H groups in total.